The van der Waals surface area contributed by atoms with Gasteiger partial charge in [0.05, 0.1) is 30.9 Å². The standard InChI is InChI=1S/C25H26N2O5S/c1-30-19-8-6-18(7-9-19)16-22-24(29)27(20-4-2-3-5-21(20)33-22)17-23(28)26-12-10-25(11-13-26)31-14-15-32-25/h2-9,16H,10-15,17H2,1H3/b22-16-. The first-order chi connectivity index (χ1) is 16.1. The number of piperidine rings is 1. The summed E-state index contributed by atoms with van der Waals surface area (Å²) < 4.78 is 16.7. The van der Waals surface area contributed by atoms with Gasteiger partial charge in [-0.05, 0) is 35.9 Å². The molecule has 0 bridgehead atoms. The largest absolute Gasteiger partial charge is 0.497 e. The molecular formula is C25H26N2O5S. The molecule has 2 aromatic rings. The number of likely N-dealkylation sites (tertiary alicyclic amines) is 1. The summed E-state index contributed by atoms with van der Waals surface area (Å²) in [6.45, 7) is 2.34. The molecule has 0 saturated carbocycles. The maximum absolute atomic E-state index is 13.4. The molecule has 0 atom stereocenters. The first-order valence-corrected chi connectivity index (χ1v) is 11.9. The molecule has 0 N–H and O–H groups in total. The van der Waals surface area contributed by atoms with Gasteiger partial charge in [0, 0.05) is 30.8 Å². The average molecular weight is 467 g/mol. The molecule has 3 aliphatic rings. The summed E-state index contributed by atoms with van der Waals surface area (Å²) >= 11 is 1.43. The minimum atomic E-state index is -0.533. The normalized spacial score (nSPS) is 20.9. The molecule has 8 heteroatoms. The van der Waals surface area contributed by atoms with Crippen LogP contribution in [0.25, 0.3) is 6.08 Å². The Bertz CT molecular complexity index is 1070. The molecule has 33 heavy (non-hydrogen) atoms. The maximum atomic E-state index is 13.4. The molecule has 1 spiro atoms. The van der Waals surface area contributed by atoms with Gasteiger partial charge >= 0.3 is 0 Å². The monoisotopic (exact) mass is 466 g/mol. The highest BCUT2D eigenvalue weighted by atomic mass is 32.2. The lowest BCUT2D eigenvalue weighted by Crippen LogP contribution is -2.51. The van der Waals surface area contributed by atoms with Gasteiger partial charge in [-0.25, -0.2) is 0 Å². The summed E-state index contributed by atoms with van der Waals surface area (Å²) in [4.78, 5) is 31.5. The summed E-state index contributed by atoms with van der Waals surface area (Å²) in [5.41, 5.74) is 1.67. The Kier molecular flexibility index (Phi) is 6.14. The minimum Gasteiger partial charge on any atom is -0.497 e. The first-order valence-electron chi connectivity index (χ1n) is 11.1. The van der Waals surface area contributed by atoms with Gasteiger partial charge in [-0.15, -0.1) is 0 Å². The van der Waals surface area contributed by atoms with Crippen LogP contribution < -0.4 is 9.64 Å². The third-order valence-corrected chi connectivity index (χ3v) is 7.31. The molecule has 3 heterocycles. The molecule has 7 nitrogen and oxygen atoms in total. The number of methoxy groups -OCH3 is 1. The van der Waals surface area contributed by atoms with E-state index in [0.29, 0.717) is 44.1 Å². The third kappa shape index (κ3) is 4.51. The number of para-hydroxylation sites is 1. The fourth-order valence-corrected chi connectivity index (χ4v) is 5.45. The quantitative estimate of drug-likeness (QED) is 0.642. The van der Waals surface area contributed by atoms with E-state index in [2.05, 4.69) is 0 Å². The van der Waals surface area contributed by atoms with Gasteiger partial charge in [-0.1, -0.05) is 36.0 Å². The number of thioether (sulfide) groups is 1. The van der Waals surface area contributed by atoms with Crippen molar-refractivity contribution in [2.75, 3.05) is 44.9 Å². The van der Waals surface area contributed by atoms with E-state index in [1.54, 1.807) is 16.9 Å². The second-order valence-corrected chi connectivity index (χ2v) is 9.32. The van der Waals surface area contributed by atoms with Crippen LogP contribution in [0.1, 0.15) is 18.4 Å². The van der Waals surface area contributed by atoms with Gasteiger partial charge in [-0.2, -0.15) is 0 Å². The smallest absolute Gasteiger partial charge is 0.265 e. The van der Waals surface area contributed by atoms with Crippen LogP contribution in [0.2, 0.25) is 0 Å². The zero-order valence-electron chi connectivity index (χ0n) is 18.5. The van der Waals surface area contributed by atoms with E-state index in [1.165, 1.54) is 11.8 Å². The summed E-state index contributed by atoms with van der Waals surface area (Å²) in [6, 6.07) is 15.2. The van der Waals surface area contributed by atoms with Gasteiger partial charge in [-0.3, -0.25) is 14.5 Å². The van der Waals surface area contributed by atoms with Crippen molar-refractivity contribution in [2.24, 2.45) is 0 Å². The van der Waals surface area contributed by atoms with Crippen molar-refractivity contribution >= 4 is 35.3 Å². The fraction of sp³-hybridized carbons (Fsp3) is 0.360. The van der Waals surface area contributed by atoms with E-state index in [1.807, 2.05) is 54.6 Å². The summed E-state index contributed by atoms with van der Waals surface area (Å²) in [6.07, 6.45) is 3.17. The Morgan fingerprint density at radius 2 is 1.79 bits per heavy atom. The second-order valence-electron chi connectivity index (χ2n) is 8.23. The van der Waals surface area contributed by atoms with Crippen LogP contribution in [-0.4, -0.2) is 62.5 Å². The number of rotatable bonds is 4. The third-order valence-electron chi connectivity index (χ3n) is 6.23. The molecule has 5 rings (SSSR count). The molecule has 0 aliphatic carbocycles. The summed E-state index contributed by atoms with van der Waals surface area (Å²) in [5, 5.41) is 0. The number of benzene rings is 2. The van der Waals surface area contributed by atoms with Crippen molar-refractivity contribution in [1.82, 2.24) is 4.90 Å². The number of carbonyl (C=O) groups excluding carboxylic acids is 2. The van der Waals surface area contributed by atoms with Crippen LogP contribution in [0.4, 0.5) is 5.69 Å². The Morgan fingerprint density at radius 1 is 1.09 bits per heavy atom. The van der Waals surface area contributed by atoms with Crippen LogP contribution in [0.3, 0.4) is 0 Å². The van der Waals surface area contributed by atoms with E-state index in [-0.39, 0.29) is 18.4 Å². The lowest BCUT2D eigenvalue weighted by atomic mass is 10.0. The number of ether oxygens (including phenoxy) is 3. The molecule has 172 valence electrons. The molecule has 2 fully saturated rings. The number of amides is 2. The Hall–Kier alpha value is -2.81. The predicted molar refractivity (Wildman–Crippen MR) is 126 cm³/mol. The van der Waals surface area contributed by atoms with E-state index in [0.717, 1.165) is 21.9 Å². The molecule has 0 unspecified atom stereocenters. The Morgan fingerprint density at radius 3 is 2.48 bits per heavy atom. The summed E-state index contributed by atoms with van der Waals surface area (Å²) in [7, 11) is 1.62. The number of anilines is 1. The van der Waals surface area contributed by atoms with Crippen molar-refractivity contribution in [1.29, 1.82) is 0 Å². The Balaban J connectivity index is 1.35. The highest BCUT2D eigenvalue weighted by Gasteiger charge is 2.41. The molecule has 0 radical (unpaired) electrons. The predicted octanol–water partition coefficient (Wildman–Crippen LogP) is 3.54. The highest BCUT2D eigenvalue weighted by molar-refractivity contribution is 8.04. The van der Waals surface area contributed by atoms with Crippen molar-refractivity contribution in [3.63, 3.8) is 0 Å². The lowest BCUT2D eigenvalue weighted by molar-refractivity contribution is -0.187. The van der Waals surface area contributed by atoms with Gasteiger partial charge in [0.15, 0.2) is 5.79 Å². The van der Waals surface area contributed by atoms with Crippen molar-refractivity contribution < 1.29 is 23.8 Å². The van der Waals surface area contributed by atoms with Gasteiger partial charge in [0.2, 0.25) is 5.91 Å². The maximum Gasteiger partial charge on any atom is 0.265 e. The van der Waals surface area contributed by atoms with E-state index in [9.17, 15) is 9.59 Å². The first kappa shape index (κ1) is 22.0. The van der Waals surface area contributed by atoms with E-state index < -0.39 is 5.79 Å². The zero-order chi connectivity index (χ0) is 22.8. The minimum absolute atomic E-state index is 0.00503. The Labute approximate surface area is 197 Å². The molecule has 2 saturated heterocycles. The van der Waals surface area contributed by atoms with Crippen molar-refractivity contribution in [3.8, 4) is 5.75 Å². The van der Waals surface area contributed by atoms with Crippen LogP contribution in [0.5, 0.6) is 5.75 Å². The van der Waals surface area contributed by atoms with Gasteiger partial charge in [0.25, 0.3) is 5.91 Å². The molecule has 3 aliphatic heterocycles. The molecule has 0 aromatic heterocycles. The number of nitrogens with zero attached hydrogens (tertiary/aromatic N) is 2. The molecule has 2 aromatic carbocycles. The summed E-state index contributed by atoms with van der Waals surface area (Å²) in [5.74, 6) is -0.00976. The van der Waals surface area contributed by atoms with Gasteiger partial charge in [0.1, 0.15) is 12.3 Å². The number of carbonyl (C=O) groups is 2. The van der Waals surface area contributed by atoms with Crippen LogP contribution in [0.15, 0.2) is 58.3 Å². The van der Waals surface area contributed by atoms with Gasteiger partial charge < -0.3 is 19.1 Å². The lowest BCUT2D eigenvalue weighted by Gasteiger charge is -2.38. The van der Waals surface area contributed by atoms with Crippen LogP contribution in [-0.2, 0) is 19.1 Å². The number of fused-ring (bicyclic) bond motifs is 1. The zero-order valence-corrected chi connectivity index (χ0v) is 19.3. The average Bonchev–Trinajstić information content (AvgIpc) is 3.30. The SMILES string of the molecule is COc1ccc(/C=C2\Sc3ccccc3N(CC(=O)N3CCC4(CC3)OCCO4)C2=O)cc1. The second kappa shape index (κ2) is 9.21. The molecule has 2 amide bonds. The number of hydrogen-bond acceptors (Lipinski definition) is 6. The van der Waals surface area contributed by atoms with E-state index >= 15 is 0 Å². The number of hydrogen-bond donors (Lipinski definition) is 0. The van der Waals surface area contributed by atoms with Crippen LogP contribution in [0, 0.1) is 0 Å². The highest BCUT2D eigenvalue weighted by Crippen LogP contribution is 2.42. The molecular weight excluding hydrogens is 440 g/mol. The van der Waals surface area contributed by atoms with E-state index in [4.69, 9.17) is 14.2 Å². The fourth-order valence-electron chi connectivity index (χ4n) is 4.39. The van der Waals surface area contributed by atoms with Crippen LogP contribution >= 0.6 is 11.8 Å². The van der Waals surface area contributed by atoms with Crippen molar-refractivity contribution in [2.45, 2.75) is 23.5 Å². The topological polar surface area (TPSA) is 68.3 Å². The van der Waals surface area contributed by atoms with Crippen molar-refractivity contribution in [3.05, 3.63) is 59.0 Å².